The second-order valence-electron chi connectivity index (χ2n) is 3.33. The van der Waals surface area contributed by atoms with Crippen LogP contribution in [0.2, 0.25) is 0 Å². The molecule has 1 atom stereocenters. The van der Waals surface area contributed by atoms with Gasteiger partial charge in [0.25, 0.3) is 0 Å². The third-order valence-corrected chi connectivity index (χ3v) is 2.16. The Labute approximate surface area is 78.4 Å². The third-order valence-electron chi connectivity index (χ3n) is 2.16. The molecule has 1 aliphatic rings. The van der Waals surface area contributed by atoms with E-state index in [9.17, 15) is 9.90 Å². The third kappa shape index (κ3) is 2.70. The van der Waals surface area contributed by atoms with Crippen molar-refractivity contribution in [2.75, 3.05) is 13.1 Å². The summed E-state index contributed by atoms with van der Waals surface area (Å²) in [5, 5.41) is 9.33. The molecule has 0 bridgehead atoms. The lowest BCUT2D eigenvalue weighted by Gasteiger charge is -2.30. The highest BCUT2D eigenvalue weighted by atomic mass is 16.3. The van der Waals surface area contributed by atoms with Crippen LogP contribution in [0.4, 0.5) is 0 Å². The van der Waals surface area contributed by atoms with Crippen molar-refractivity contribution in [3.63, 3.8) is 0 Å². The summed E-state index contributed by atoms with van der Waals surface area (Å²) >= 11 is 0. The molecule has 0 saturated carbocycles. The molecule has 72 valence electrons. The molecule has 0 spiro atoms. The first-order chi connectivity index (χ1) is 6.13. The zero-order valence-corrected chi connectivity index (χ0v) is 7.70. The van der Waals surface area contributed by atoms with E-state index >= 15 is 0 Å². The Hall–Kier alpha value is -1.09. The molecule has 1 N–H and O–H groups in total. The summed E-state index contributed by atoms with van der Waals surface area (Å²) in [5.74, 6) is 0.0910. The Bertz CT molecular complexity index is 235. The molecule has 1 amide bonds. The maximum Gasteiger partial charge on any atom is 0.223 e. The van der Waals surface area contributed by atoms with Crippen molar-refractivity contribution in [3.05, 3.63) is 24.8 Å². The molecule has 0 radical (unpaired) electrons. The van der Waals surface area contributed by atoms with Crippen LogP contribution in [0.1, 0.15) is 12.8 Å². The molecular formula is C10H15NO2. The Kier molecular flexibility index (Phi) is 3.25. The monoisotopic (exact) mass is 181 g/mol. The van der Waals surface area contributed by atoms with E-state index in [0.717, 1.165) is 5.57 Å². The van der Waals surface area contributed by atoms with E-state index in [1.165, 1.54) is 0 Å². The summed E-state index contributed by atoms with van der Waals surface area (Å²) in [4.78, 5) is 13.0. The molecule has 0 aliphatic carbocycles. The van der Waals surface area contributed by atoms with E-state index in [-0.39, 0.29) is 12.0 Å². The summed E-state index contributed by atoms with van der Waals surface area (Å²) in [6.07, 6.45) is 2.27. The Morgan fingerprint density at radius 1 is 1.77 bits per heavy atom. The van der Waals surface area contributed by atoms with E-state index in [1.807, 2.05) is 0 Å². The van der Waals surface area contributed by atoms with Crippen molar-refractivity contribution >= 4 is 5.91 Å². The Morgan fingerprint density at radius 3 is 3.08 bits per heavy atom. The van der Waals surface area contributed by atoms with Crippen LogP contribution in [0.3, 0.4) is 0 Å². The molecular weight excluding hydrogens is 166 g/mol. The van der Waals surface area contributed by atoms with Gasteiger partial charge in [-0.3, -0.25) is 4.79 Å². The number of carbonyl (C=O) groups excluding carboxylic acids is 1. The van der Waals surface area contributed by atoms with Gasteiger partial charge in [0.05, 0.1) is 6.10 Å². The van der Waals surface area contributed by atoms with Gasteiger partial charge in [0, 0.05) is 19.5 Å². The average molecular weight is 181 g/mol. The van der Waals surface area contributed by atoms with Gasteiger partial charge in [-0.05, 0) is 12.0 Å². The van der Waals surface area contributed by atoms with Gasteiger partial charge in [-0.25, -0.2) is 0 Å². The number of likely N-dealkylation sites (tertiary alicyclic amines) is 1. The average Bonchev–Trinajstić information content (AvgIpc) is 2.11. The molecule has 1 rings (SSSR count). The van der Waals surface area contributed by atoms with Gasteiger partial charge in [-0.15, -0.1) is 0 Å². The molecule has 1 aliphatic heterocycles. The molecule has 13 heavy (non-hydrogen) atoms. The largest absolute Gasteiger partial charge is 0.391 e. The van der Waals surface area contributed by atoms with Gasteiger partial charge in [-0.1, -0.05) is 19.2 Å². The molecule has 1 heterocycles. The fourth-order valence-electron chi connectivity index (χ4n) is 1.36. The van der Waals surface area contributed by atoms with E-state index in [2.05, 4.69) is 13.2 Å². The number of rotatable bonds is 3. The zero-order valence-electron chi connectivity index (χ0n) is 7.70. The van der Waals surface area contributed by atoms with Crippen molar-refractivity contribution < 1.29 is 9.90 Å². The van der Waals surface area contributed by atoms with E-state index in [4.69, 9.17) is 0 Å². The summed E-state index contributed by atoms with van der Waals surface area (Å²) < 4.78 is 0. The lowest BCUT2D eigenvalue weighted by atomic mass is 10.1. The minimum absolute atomic E-state index is 0.0910. The molecule has 0 aromatic carbocycles. The minimum Gasteiger partial charge on any atom is -0.391 e. The van der Waals surface area contributed by atoms with Crippen molar-refractivity contribution in [2.24, 2.45) is 0 Å². The highest BCUT2D eigenvalue weighted by Gasteiger charge is 2.23. The smallest absolute Gasteiger partial charge is 0.223 e. The zero-order chi connectivity index (χ0) is 9.84. The van der Waals surface area contributed by atoms with Gasteiger partial charge in [-0.2, -0.15) is 0 Å². The van der Waals surface area contributed by atoms with E-state index in [1.54, 1.807) is 11.0 Å². The van der Waals surface area contributed by atoms with Gasteiger partial charge < -0.3 is 10.0 Å². The van der Waals surface area contributed by atoms with Crippen molar-refractivity contribution in [1.82, 2.24) is 4.90 Å². The van der Waals surface area contributed by atoms with Gasteiger partial charge in [0.1, 0.15) is 0 Å². The molecule has 1 fully saturated rings. The van der Waals surface area contributed by atoms with E-state index in [0.29, 0.717) is 25.9 Å². The second-order valence-corrected chi connectivity index (χ2v) is 3.33. The van der Waals surface area contributed by atoms with Crippen LogP contribution in [0, 0.1) is 0 Å². The number of amides is 1. The van der Waals surface area contributed by atoms with Crippen LogP contribution in [-0.2, 0) is 4.79 Å². The molecule has 3 nitrogen and oxygen atoms in total. The number of nitrogens with zero attached hydrogens (tertiary/aromatic N) is 1. The number of hydrogen-bond donors (Lipinski definition) is 1. The Balaban J connectivity index is 2.51. The fraction of sp³-hybridized carbons (Fsp3) is 0.500. The number of piperidine rings is 1. The number of β-amino-alcohol motifs (C(OH)–C–C–N with tert-alkyl or cyclic N) is 1. The van der Waals surface area contributed by atoms with Gasteiger partial charge in [0.2, 0.25) is 5.91 Å². The van der Waals surface area contributed by atoms with Crippen molar-refractivity contribution in [1.29, 1.82) is 0 Å². The summed E-state index contributed by atoms with van der Waals surface area (Å²) in [6.45, 7) is 8.21. The van der Waals surface area contributed by atoms with Crippen molar-refractivity contribution in [2.45, 2.75) is 18.9 Å². The standard InChI is InChI=1S/C10H15NO2/c1-3-8(2)6-11-7-9(12)4-5-10(11)13/h3,9,12H,1-2,4-7H2. The maximum atomic E-state index is 11.3. The molecule has 3 heteroatoms. The predicted octanol–water partition coefficient (Wildman–Crippen LogP) is 0.712. The first kappa shape index (κ1) is 9.99. The van der Waals surface area contributed by atoms with Crippen LogP contribution in [0.25, 0.3) is 0 Å². The quantitative estimate of drug-likeness (QED) is 0.651. The van der Waals surface area contributed by atoms with Gasteiger partial charge >= 0.3 is 0 Å². The van der Waals surface area contributed by atoms with E-state index < -0.39 is 0 Å². The van der Waals surface area contributed by atoms with Crippen LogP contribution >= 0.6 is 0 Å². The first-order valence-electron chi connectivity index (χ1n) is 4.39. The lowest BCUT2D eigenvalue weighted by molar-refractivity contribution is -0.136. The minimum atomic E-state index is -0.379. The number of hydrogen-bond acceptors (Lipinski definition) is 2. The fourth-order valence-corrected chi connectivity index (χ4v) is 1.36. The predicted molar refractivity (Wildman–Crippen MR) is 51.2 cm³/mol. The van der Waals surface area contributed by atoms with Crippen LogP contribution in [0.5, 0.6) is 0 Å². The van der Waals surface area contributed by atoms with Crippen LogP contribution in [0.15, 0.2) is 24.8 Å². The van der Waals surface area contributed by atoms with Crippen molar-refractivity contribution in [3.8, 4) is 0 Å². The number of carbonyl (C=O) groups is 1. The maximum absolute atomic E-state index is 11.3. The first-order valence-corrected chi connectivity index (χ1v) is 4.39. The summed E-state index contributed by atoms with van der Waals surface area (Å²) in [5.41, 5.74) is 0.808. The molecule has 1 saturated heterocycles. The molecule has 0 aromatic heterocycles. The van der Waals surface area contributed by atoms with Gasteiger partial charge in [0.15, 0.2) is 0 Å². The normalized spacial score (nSPS) is 23.0. The topological polar surface area (TPSA) is 40.5 Å². The highest BCUT2D eigenvalue weighted by molar-refractivity contribution is 5.77. The van der Waals surface area contributed by atoms with Crippen LogP contribution < -0.4 is 0 Å². The number of aliphatic hydroxyl groups is 1. The summed E-state index contributed by atoms with van der Waals surface area (Å²) in [6, 6.07) is 0. The van der Waals surface area contributed by atoms with Crippen LogP contribution in [-0.4, -0.2) is 35.1 Å². The molecule has 0 aromatic rings. The second kappa shape index (κ2) is 4.23. The number of aliphatic hydroxyl groups excluding tert-OH is 1. The SMILES string of the molecule is C=CC(=C)CN1CC(O)CCC1=O. The lowest BCUT2D eigenvalue weighted by Crippen LogP contribution is -2.43. The highest BCUT2D eigenvalue weighted by Crippen LogP contribution is 2.12. The Morgan fingerprint density at radius 2 is 2.46 bits per heavy atom. The summed E-state index contributed by atoms with van der Waals surface area (Å²) in [7, 11) is 0. The molecule has 1 unspecified atom stereocenters.